The molecule has 0 saturated carbocycles. The summed E-state index contributed by atoms with van der Waals surface area (Å²) in [6, 6.07) is 29.9. The van der Waals surface area contributed by atoms with Crippen molar-refractivity contribution in [3.63, 3.8) is 0 Å². The fraction of sp³-hybridized carbons (Fsp3) is 0.0645. The lowest BCUT2D eigenvalue weighted by Crippen LogP contribution is -2.32. The maximum atomic E-state index is 13.0. The van der Waals surface area contributed by atoms with Crippen LogP contribution in [0.25, 0.3) is 0 Å². The number of rotatable bonds is 8. The van der Waals surface area contributed by atoms with E-state index < -0.39 is 17.8 Å². The molecule has 0 radical (unpaired) electrons. The number of ether oxygens (including phenoxy) is 2. The lowest BCUT2D eigenvalue weighted by atomic mass is 10.2. The number of hydrogen-bond donors (Lipinski definition) is 1. The number of carbonyl (C=O) groups excluding carboxylic acids is 3. The number of halogens is 1. The highest BCUT2D eigenvalue weighted by atomic mass is 35.5. The summed E-state index contributed by atoms with van der Waals surface area (Å²) < 4.78 is 11.2. The van der Waals surface area contributed by atoms with Crippen LogP contribution in [0, 0.1) is 6.92 Å². The molecule has 4 aromatic carbocycles. The molecule has 8 heteroatoms. The smallest absolute Gasteiger partial charge is 0.343 e. The number of hydrogen-bond acceptors (Lipinski definition) is 6. The van der Waals surface area contributed by atoms with Gasteiger partial charge in [0.1, 0.15) is 28.8 Å². The van der Waals surface area contributed by atoms with Crippen molar-refractivity contribution in [2.24, 2.45) is 0 Å². The normalized spacial score (nSPS) is 13.0. The van der Waals surface area contributed by atoms with Gasteiger partial charge in [-0.1, -0.05) is 60.1 Å². The van der Waals surface area contributed by atoms with E-state index in [0.29, 0.717) is 35.0 Å². The molecule has 194 valence electrons. The van der Waals surface area contributed by atoms with Crippen molar-refractivity contribution in [2.75, 3.05) is 10.2 Å². The Bertz CT molecular complexity index is 1570. The van der Waals surface area contributed by atoms with Crippen molar-refractivity contribution in [3.05, 3.63) is 131 Å². The highest BCUT2D eigenvalue weighted by Crippen LogP contribution is 2.32. The lowest BCUT2D eigenvalue weighted by molar-refractivity contribution is -0.120. The van der Waals surface area contributed by atoms with E-state index in [4.69, 9.17) is 21.1 Å². The minimum Gasteiger partial charge on any atom is -0.489 e. The molecule has 0 saturated heterocycles. The van der Waals surface area contributed by atoms with E-state index in [0.717, 1.165) is 16.0 Å². The molecule has 5 rings (SSSR count). The fourth-order valence-corrected chi connectivity index (χ4v) is 4.20. The second-order valence-corrected chi connectivity index (χ2v) is 9.14. The van der Waals surface area contributed by atoms with Crippen LogP contribution in [0.15, 0.2) is 114 Å². The van der Waals surface area contributed by atoms with Crippen LogP contribution in [0.4, 0.5) is 11.4 Å². The van der Waals surface area contributed by atoms with E-state index >= 15 is 0 Å². The lowest BCUT2D eigenvalue weighted by Gasteiger charge is -2.17. The molecule has 2 amide bonds. The zero-order valence-corrected chi connectivity index (χ0v) is 21.6. The van der Waals surface area contributed by atoms with Crippen molar-refractivity contribution >= 4 is 40.8 Å². The summed E-state index contributed by atoms with van der Waals surface area (Å²) in [6.45, 7) is 2.24. The average Bonchev–Trinajstić information content (AvgIpc) is 3.16. The predicted octanol–water partition coefficient (Wildman–Crippen LogP) is 6.23. The number of carbonyl (C=O) groups is 3. The van der Waals surface area contributed by atoms with Crippen molar-refractivity contribution in [3.8, 4) is 11.5 Å². The number of benzene rings is 4. The third kappa shape index (κ3) is 5.68. The van der Waals surface area contributed by atoms with E-state index in [9.17, 15) is 14.4 Å². The molecule has 1 aliphatic heterocycles. The van der Waals surface area contributed by atoms with Gasteiger partial charge in [0.15, 0.2) is 0 Å². The van der Waals surface area contributed by atoms with Crippen LogP contribution in [-0.4, -0.2) is 17.8 Å². The van der Waals surface area contributed by atoms with Gasteiger partial charge in [0.2, 0.25) is 0 Å². The van der Waals surface area contributed by atoms with E-state index in [1.54, 1.807) is 73.7 Å². The molecule has 0 spiro atoms. The molecule has 0 atom stereocenters. The summed E-state index contributed by atoms with van der Waals surface area (Å²) in [5.74, 6) is -0.677. The molecule has 7 nitrogen and oxygen atoms in total. The molecule has 1 heterocycles. The Balaban J connectivity index is 1.20. The molecule has 0 aromatic heterocycles. The van der Waals surface area contributed by atoms with E-state index in [1.165, 1.54) is 0 Å². The molecule has 4 aromatic rings. The van der Waals surface area contributed by atoms with Gasteiger partial charge in [-0.25, -0.2) is 9.69 Å². The Labute approximate surface area is 230 Å². The van der Waals surface area contributed by atoms with Crippen LogP contribution in [0.2, 0.25) is 0 Å². The molecule has 1 N–H and O–H groups in total. The van der Waals surface area contributed by atoms with Gasteiger partial charge in [-0.05, 0) is 72.6 Å². The summed E-state index contributed by atoms with van der Waals surface area (Å²) in [5.41, 5.74) is 3.04. The van der Waals surface area contributed by atoms with Crippen molar-refractivity contribution in [2.45, 2.75) is 13.5 Å². The van der Waals surface area contributed by atoms with Gasteiger partial charge in [0.05, 0.1) is 11.3 Å². The zero-order chi connectivity index (χ0) is 27.4. The van der Waals surface area contributed by atoms with Crippen molar-refractivity contribution in [1.29, 1.82) is 0 Å². The van der Waals surface area contributed by atoms with E-state index in [1.807, 2.05) is 36.4 Å². The van der Waals surface area contributed by atoms with Crippen LogP contribution in [0.5, 0.6) is 11.5 Å². The van der Waals surface area contributed by atoms with Crippen LogP contribution in [0.1, 0.15) is 21.5 Å². The van der Waals surface area contributed by atoms with Gasteiger partial charge in [0.25, 0.3) is 11.8 Å². The van der Waals surface area contributed by atoms with E-state index in [2.05, 4.69) is 5.32 Å². The van der Waals surface area contributed by atoms with Crippen LogP contribution < -0.4 is 19.7 Å². The standard InChI is InChI=1S/C31H23ClN2O5/c1-20-7-5-6-10-26(20)34-29(35)27(32)28(30(34)36)33-23-13-11-22(12-14-23)31(37)39-25-17-15-24(16-18-25)38-19-21-8-3-2-4-9-21/h2-18,33H,19H2,1H3. The summed E-state index contributed by atoms with van der Waals surface area (Å²) in [4.78, 5) is 39.4. The third-order valence-electron chi connectivity index (χ3n) is 6.06. The molecule has 0 aliphatic carbocycles. The first-order chi connectivity index (χ1) is 18.9. The highest BCUT2D eigenvalue weighted by molar-refractivity contribution is 6.53. The minimum atomic E-state index is -0.602. The molecular weight excluding hydrogens is 516 g/mol. The Kier molecular flexibility index (Phi) is 7.43. The fourth-order valence-electron chi connectivity index (χ4n) is 3.99. The number of aryl methyl sites for hydroxylation is 1. The van der Waals surface area contributed by atoms with E-state index in [-0.39, 0.29) is 10.7 Å². The second-order valence-electron chi connectivity index (χ2n) is 8.76. The molecule has 0 fully saturated rings. The van der Waals surface area contributed by atoms with Gasteiger partial charge >= 0.3 is 5.97 Å². The quantitative estimate of drug-likeness (QED) is 0.163. The second kappa shape index (κ2) is 11.2. The number of imide groups is 1. The molecule has 1 aliphatic rings. The Morgan fingerprint density at radius 3 is 2.13 bits per heavy atom. The van der Waals surface area contributed by atoms with Gasteiger partial charge in [-0.15, -0.1) is 0 Å². The number of esters is 1. The van der Waals surface area contributed by atoms with Gasteiger partial charge in [-0.2, -0.15) is 0 Å². The number of amides is 2. The number of anilines is 2. The summed E-state index contributed by atoms with van der Waals surface area (Å²) in [7, 11) is 0. The van der Waals surface area contributed by atoms with Crippen molar-refractivity contribution < 1.29 is 23.9 Å². The maximum absolute atomic E-state index is 13.0. The monoisotopic (exact) mass is 538 g/mol. The van der Waals surface area contributed by atoms with Gasteiger partial charge in [0, 0.05) is 5.69 Å². The third-order valence-corrected chi connectivity index (χ3v) is 6.41. The number of nitrogens with one attached hydrogen (secondary N) is 1. The predicted molar refractivity (Wildman–Crippen MR) is 149 cm³/mol. The first kappa shape index (κ1) is 25.8. The SMILES string of the molecule is Cc1ccccc1N1C(=O)C(Cl)=C(Nc2ccc(C(=O)Oc3ccc(OCc4ccccc4)cc3)cc2)C1=O. The van der Waals surface area contributed by atoms with Crippen LogP contribution in [0.3, 0.4) is 0 Å². The number of nitrogens with zero attached hydrogens (tertiary/aromatic N) is 1. The minimum absolute atomic E-state index is 0.0326. The molecule has 0 unspecified atom stereocenters. The molecule has 0 bridgehead atoms. The van der Waals surface area contributed by atoms with Crippen LogP contribution in [-0.2, 0) is 16.2 Å². The molecule has 39 heavy (non-hydrogen) atoms. The zero-order valence-electron chi connectivity index (χ0n) is 20.9. The molecular formula is C31H23ClN2O5. The largest absolute Gasteiger partial charge is 0.489 e. The Morgan fingerprint density at radius 1 is 0.795 bits per heavy atom. The Hall–Kier alpha value is -4.88. The topological polar surface area (TPSA) is 84.9 Å². The van der Waals surface area contributed by atoms with Crippen LogP contribution >= 0.6 is 11.6 Å². The van der Waals surface area contributed by atoms with Gasteiger partial charge in [-0.3, -0.25) is 9.59 Å². The van der Waals surface area contributed by atoms with Crippen molar-refractivity contribution in [1.82, 2.24) is 0 Å². The summed E-state index contributed by atoms with van der Waals surface area (Å²) in [5, 5.41) is 2.70. The first-order valence-corrected chi connectivity index (χ1v) is 12.5. The average molecular weight is 539 g/mol. The number of para-hydroxylation sites is 1. The maximum Gasteiger partial charge on any atom is 0.343 e. The highest BCUT2D eigenvalue weighted by Gasteiger charge is 2.39. The van der Waals surface area contributed by atoms with Gasteiger partial charge < -0.3 is 14.8 Å². The Morgan fingerprint density at radius 2 is 1.44 bits per heavy atom. The summed E-state index contributed by atoms with van der Waals surface area (Å²) in [6.07, 6.45) is 0. The summed E-state index contributed by atoms with van der Waals surface area (Å²) >= 11 is 6.23. The first-order valence-electron chi connectivity index (χ1n) is 12.1.